The van der Waals surface area contributed by atoms with E-state index in [4.69, 9.17) is 17.0 Å². The van der Waals surface area contributed by atoms with E-state index in [1.54, 1.807) is 7.11 Å². The second-order valence-corrected chi connectivity index (χ2v) is 9.18. The zero-order chi connectivity index (χ0) is 21.0. The third-order valence-corrected chi connectivity index (χ3v) is 6.72. The standard InChI is InChI=1S/C24H26N2OS3/c1-27-21-12-14-23(15-13-21)29-17-5-16-25-24(28)26-20-10-8-19(9-11-20)18-30-22-6-3-2-4-7-22/h2-4,6-15H,5,16-18H2,1H3,(H2,25,26,28). The molecule has 0 aromatic heterocycles. The van der Waals surface area contributed by atoms with Crippen molar-refractivity contribution in [3.05, 3.63) is 84.4 Å². The molecule has 6 heteroatoms. The first-order chi connectivity index (χ1) is 14.7. The largest absolute Gasteiger partial charge is 0.497 e. The summed E-state index contributed by atoms with van der Waals surface area (Å²) in [6.45, 7) is 0.848. The number of thioether (sulfide) groups is 2. The second-order valence-electron chi connectivity index (χ2n) is 6.56. The molecule has 156 valence electrons. The molecule has 0 aliphatic carbocycles. The predicted octanol–water partition coefficient (Wildman–Crippen LogP) is 6.46. The van der Waals surface area contributed by atoms with Gasteiger partial charge in [-0.15, -0.1) is 23.5 Å². The Bertz CT molecular complexity index is 900. The minimum atomic E-state index is 0.663. The molecule has 0 unspecified atom stereocenters. The molecule has 3 rings (SSSR count). The average molecular weight is 455 g/mol. The van der Waals surface area contributed by atoms with Crippen LogP contribution < -0.4 is 15.4 Å². The maximum absolute atomic E-state index is 5.41. The van der Waals surface area contributed by atoms with Crippen LogP contribution in [0.15, 0.2) is 88.7 Å². The summed E-state index contributed by atoms with van der Waals surface area (Å²) in [5.74, 6) is 2.88. The molecule has 0 saturated carbocycles. The molecule has 3 aromatic carbocycles. The van der Waals surface area contributed by atoms with E-state index >= 15 is 0 Å². The van der Waals surface area contributed by atoms with Gasteiger partial charge >= 0.3 is 0 Å². The van der Waals surface area contributed by atoms with E-state index in [1.165, 1.54) is 15.4 Å². The lowest BCUT2D eigenvalue weighted by atomic mass is 10.2. The zero-order valence-corrected chi connectivity index (χ0v) is 19.4. The van der Waals surface area contributed by atoms with Gasteiger partial charge in [0.1, 0.15) is 5.75 Å². The Kier molecular flexibility index (Phi) is 9.41. The van der Waals surface area contributed by atoms with Crippen molar-refractivity contribution in [1.29, 1.82) is 0 Å². The fraction of sp³-hybridized carbons (Fsp3) is 0.208. The quantitative estimate of drug-likeness (QED) is 0.208. The number of hydrogen-bond donors (Lipinski definition) is 2. The normalized spacial score (nSPS) is 10.4. The third kappa shape index (κ3) is 7.94. The fourth-order valence-electron chi connectivity index (χ4n) is 2.68. The molecular formula is C24H26N2OS3. The summed E-state index contributed by atoms with van der Waals surface area (Å²) in [4.78, 5) is 2.54. The first-order valence-electron chi connectivity index (χ1n) is 9.81. The van der Waals surface area contributed by atoms with Crippen molar-refractivity contribution < 1.29 is 4.74 Å². The van der Waals surface area contributed by atoms with E-state index in [1.807, 2.05) is 41.7 Å². The summed E-state index contributed by atoms with van der Waals surface area (Å²) in [5, 5.41) is 7.20. The monoisotopic (exact) mass is 454 g/mol. The van der Waals surface area contributed by atoms with Crippen LogP contribution in [0.2, 0.25) is 0 Å². The second kappa shape index (κ2) is 12.5. The Hall–Kier alpha value is -2.15. The summed E-state index contributed by atoms with van der Waals surface area (Å²) in [5.41, 5.74) is 2.30. The lowest BCUT2D eigenvalue weighted by molar-refractivity contribution is 0.414. The van der Waals surface area contributed by atoms with Gasteiger partial charge in [-0.25, -0.2) is 0 Å². The molecule has 0 radical (unpaired) electrons. The first kappa shape index (κ1) is 22.5. The molecule has 3 aromatic rings. The van der Waals surface area contributed by atoms with Gasteiger partial charge in [0.25, 0.3) is 0 Å². The maximum atomic E-state index is 5.41. The summed E-state index contributed by atoms with van der Waals surface area (Å²) in [7, 11) is 1.68. The zero-order valence-electron chi connectivity index (χ0n) is 17.0. The number of nitrogens with one attached hydrogen (secondary N) is 2. The Morgan fingerprint density at radius 1 is 0.867 bits per heavy atom. The van der Waals surface area contributed by atoms with Gasteiger partial charge in [-0.05, 0) is 78.5 Å². The number of thiocarbonyl (C=S) groups is 1. The lowest BCUT2D eigenvalue weighted by Crippen LogP contribution is -2.29. The molecule has 2 N–H and O–H groups in total. The molecule has 0 bridgehead atoms. The molecule has 3 nitrogen and oxygen atoms in total. The molecule has 0 saturated heterocycles. The number of benzene rings is 3. The van der Waals surface area contributed by atoms with E-state index in [-0.39, 0.29) is 0 Å². The van der Waals surface area contributed by atoms with Gasteiger partial charge in [0.15, 0.2) is 5.11 Å². The van der Waals surface area contributed by atoms with E-state index < -0.39 is 0 Å². The highest BCUT2D eigenvalue weighted by molar-refractivity contribution is 7.99. The van der Waals surface area contributed by atoms with E-state index in [0.29, 0.717) is 5.11 Å². The van der Waals surface area contributed by atoms with E-state index in [9.17, 15) is 0 Å². The summed E-state index contributed by atoms with van der Waals surface area (Å²) >= 11 is 9.09. The van der Waals surface area contributed by atoms with Gasteiger partial charge in [-0.3, -0.25) is 0 Å². The number of hydrogen-bond acceptors (Lipinski definition) is 4. The fourth-order valence-corrected chi connectivity index (χ4v) is 4.63. The van der Waals surface area contributed by atoms with Crippen LogP contribution in [0.1, 0.15) is 12.0 Å². The number of methoxy groups -OCH3 is 1. The summed E-state index contributed by atoms with van der Waals surface area (Å²) in [6.07, 6.45) is 1.04. The van der Waals surface area contributed by atoms with Gasteiger partial charge < -0.3 is 15.4 Å². The minimum Gasteiger partial charge on any atom is -0.497 e. The Morgan fingerprint density at radius 3 is 2.27 bits per heavy atom. The van der Waals surface area contributed by atoms with Crippen molar-refractivity contribution in [3.63, 3.8) is 0 Å². The van der Waals surface area contributed by atoms with E-state index in [2.05, 4.69) is 71.3 Å². The van der Waals surface area contributed by atoms with Crippen molar-refractivity contribution in [2.45, 2.75) is 22.0 Å². The molecule has 30 heavy (non-hydrogen) atoms. The van der Waals surface area contributed by atoms with Crippen LogP contribution in [-0.2, 0) is 5.75 Å². The van der Waals surface area contributed by atoms with Crippen LogP contribution in [0, 0.1) is 0 Å². The van der Waals surface area contributed by atoms with Crippen molar-refractivity contribution in [1.82, 2.24) is 5.32 Å². The van der Waals surface area contributed by atoms with Crippen LogP contribution in [0.3, 0.4) is 0 Å². The van der Waals surface area contributed by atoms with Crippen LogP contribution in [0.5, 0.6) is 5.75 Å². The van der Waals surface area contributed by atoms with Crippen LogP contribution in [0.25, 0.3) is 0 Å². The molecule has 0 spiro atoms. The van der Waals surface area contributed by atoms with Gasteiger partial charge in [-0.2, -0.15) is 0 Å². The number of anilines is 1. The summed E-state index contributed by atoms with van der Waals surface area (Å²) < 4.78 is 5.18. The van der Waals surface area contributed by atoms with Crippen molar-refractivity contribution in [3.8, 4) is 5.75 Å². The van der Waals surface area contributed by atoms with Gasteiger partial charge in [0, 0.05) is 27.8 Å². The Morgan fingerprint density at radius 2 is 1.57 bits per heavy atom. The van der Waals surface area contributed by atoms with Crippen LogP contribution in [0.4, 0.5) is 5.69 Å². The number of rotatable bonds is 10. The molecule has 0 fully saturated rings. The molecular weight excluding hydrogens is 428 g/mol. The van der Waals surface area contributed by atoms with Gasteiger partial charge in [-0.1, -0.05) is 30.3 Å². The maximum Gasteiger partial charge on any atom is 0.170 e. The Balaban J connectivity index is 1.31. The molecule has 0 atom stereocenters. The van der Waals surface area contributed by atoms with Crippen molar-refractivity contribution >= 4 is 46.5 Å². The molecule has 0 amide bonds. The highest BCUT2D eigenvalue weighted by Crippen LogP contribution is 2.23. The third-order valence-electron chi connectivity index (χ3n) is 4.30. The summed E-state index contributed by atoms with van der Waals surface area (Å²) in [6, 6.07) is 27.1. The van der Waals surface area contributed by atoms with E-state index in [0.717, 1.165) is 35.9 Å². The predicted molar refractivity (Wildman–Crippen MR) is 135 cm³/mol. The van der Waals surface area contributed by atoms with Crippen LogP contribution in [-0.4, -0.2) is 24.5 Å². The smallest absolute Gasteiger partial charge is 0.170 e. The SMILES string of the molecule is COc1ccc(SCCCNC(=S)Nc2ccc(CSc3ccccc3)cc2)cc1. The van der Waals surface area contributed by atoms with Gasteiger partial charge in [0.2, 0.25) is 0 Å². The highest BCUT2D eigenvalue weighted by Gasteiger charge is 2.00. The van der Waals surface area contributed by atoms with Crippen molar-refractivity contribution in [2.24, 2.45) is 0 Å². The van der Waals surface area contributed by atoms with Gasteiger partial charge in [0.05, 0.1) is 7.11 Å². The number of ether oxygens (including phenoxy) is 1. The molecule has 0 heterocycles. The topological polar surface area (TPSA) is 33.3 Å². The lowest BCUT2D eigenvalue weighted by Gasteiger charge is -2.11. The average Bonchev–Trinajstić information content (AvgIpc) is 2.79. The molecule has 0 aliphatic rings. The molecule has 0 aliphatic heterocycles. The minimum absolute atomic E-state index is 0.663. The van der Waals surface area contributed by atoms with Crippen LogP contribution >= 0.6 is 35.7 Å². The Labute approximate surface area is 193 Å². The first-order valence-corrected chi connectivity index (χ1v) is 12.2. The highest BCUT2D eigenvalue weighted by atomic mass is 32.2. The van der Waals surface area contributed by atoms with Crippen molar-refractivity contribution in [2.75, 3.05) is 24.7 Å².